The predicted molar refractivity (Wildman–Crippen MR) is 65.9 cm³/mol. The average Bonchev–Trinajstić information content (AvgIpc) is 2.34. The van der Waals surface area contributed by atoms with Crippen molar-refractivity contribution in [1.29, 1.82) is 5.26 Å². The first-order chi connectivity index (χ1) is 8.19. The summed E-state index contributed by atoms with van der Waals surface area (Å²) in [4.78, 5) is 0. The Morgan fingerprint density at radius 2 is 2.24 bits per heavy atom. The van der Waals surface area contributed by atoms with Gasteiger partial charge in [0.25, 0.3) is 0 Å². The molecule has 0 saturated heterocycles. The smallest absolute Gasteiger partial charge is 0.127 e. The minimum atomic E-state index is -0.0909. The third-order valence-electron chi connectivity index (χ3n) is 2.40. The summed E-state index contributed by atoms with van der Waals surface area (Å²) >= 11 is 0. The molecule has 2 N–H and O–H groups in total. The molecule has 0 saturated carbocycles. The predicted octanol–water partition coefficient (Wildman–Crippen LogP) is 2.40. The minimum absolute atomic E-state index is 0.0909. The normalized spacial score (nSPS) is 11.6. The Bertz CT molecular complexity index is 397. The highest BCUT2D eigenvalue weighted by molar-refractivity contribution is 5.42. The van der Waals surface area contributed by atoms with Crippen LogP contribution in [0.2, 0.25) is 0 Å². The Hall–Kier alpha value is -1.73. The van der Waals surface area contributed by atoms with Gasteiger partial charge >= 0.3 is 0 Å². The van der Waals surface area contributed by atoms with Gasteiger partial charge in [-0.15, -0.1) is 0 Å². The molecule has 0 aliphatic rings. The first-order valence-electron chi connectivity index (χ1n) is 5.62. The van der Waals surface area contributed by atoms with E-state index in [4.69, 9.17) is 20.5 Å². The highest BCUT2D eigenvalue weighted by Crippen LogP contribution is 2.28. The number of unbranched alkanes of at least 4 members (excludes halogenated alkanes) is 1. The molecule has 0 unspecified atom stereocenters. The van der Waals surface area contributed by atoms with E-state index in [1.807, 2.05) is 25.1 Å². The zero-order valence-corrected chi connectivity index (χ0v) is 10.3. The number of methoxy groups -OCH3 is 1. The van der Waals surface area contributed by atoms with Gasteiger partial charge < -0.3 is 15.2 Å². The van der Waals surface area contributed by atoms with Crippen LogP contribution in [0.25, 0.3) is 0 Å². The first kappa shape index (κ1) is 13.3. The number of nitrogens with two attached hydrogens (primary N) is 1. The Morgan fingerprint density at radius 1 is 1.47 bits per heavy atom. The summed E-state index contributed by atoms with van der Waals surface area (Å²) in [6.07, 6.45) is 1.21. The van der Waals surface area contributed by atoms with Crippen LogP contribution in [-0.2, 0) is 0 Å². The molecular weight excluding hydrogens is 216 g/mol. The van der Waals surface area contributed by atoms with Gasteiger partial charge in [0, 0.05) is 24.1 Å². The second kappa shape index (κ2) is 6.77. The number of hydrogen-bond donors (Lipinski definition) is 1. The van der Waals surface area contributed by atoms with Gasteiger partial charge in [-0.1, -0.05) is 6.07 Å². The van der Waals surface area contributed by atoms with Crippen molar-refractivity contribution in [3.8, 4) is 17.6 Å². The molecule has 4 nitrogen and oxygen atoms in total. The van der Waals surface area contributed by atoms with Crippen molar-refractivity contribution in [3.05, 3.63) is 23.8 Å². The van der Waals surface area contributed by atoms with Gasteiger partial charge in [0.1, 0.15) is 11.5 Å². The van der Waals surface area contributed by atoms with Crippen molar-refractivity contribution in [3.63, 3.8) is 0 Å². The Labute approximate surface area is 102 Å². The highest BCUT2D eigenvalue weighted by Gasteiger charge is 2.09. The van der Waals surface area contributed by atoms with Crippen LogP contribution in [0.5, 0.6) is 11.5 Å². The lowest BCUT2D eigenvalue weighted by atomic mass is 10.1. The molecule has 0 amide bonds. The number of hydrogen-bond acceptors (Lipinski definition) is 4. The van der Waals surface area contributed by atoms with Gasteiger partial charge in [-0.05, 0) is 19.4 Å². The number of nitrogens with zero attached hydrogens (tertiary/aromatic N) is 1. The molecule has 0 aliphatic heterocycles. The van der Waals surface area contributed by atoms with Crippen LogP contribution in [-0.4, -0.2) is 13.7 Å². The number of benzene rings is 1. The van der Waals surface area contributed by atoms with Crippen molar-refractivity contribution in [2.24, 2.45) is 5.73 Å². The van der Waals surface area contributed by atoms with Crippen LogP contribution in [0.1, 0.15) is 31.4 Å². The van der Waals surface area contributed by atoms with E-state index in [2.05, 4.69) is 6.07 Å². The molecule has 0 aromatic heterocycles. The lowest BCUT2D eigenvalue weighted by Crippen LogP contribution is -2.08. The molecule has 4 heteroatoms. The summed E-state index contributed by atoms with van der Waals surface area (Å²) in [5.41, 5.74) is 6.81. The summed E-state index contributed by atoms with van der Waals surface area (Å²) in [5.74, 6) is 1.47. The molecule has 0 spiro atoms. The van der Waals surface area contributed by atoms with Crippen LogP contribution >= 0.6 is 0 Å². The monoisotopic (exact) mass is 234 g/mol. The van der Waals surface area contributed by atoms with E-state index >= 15 is 0 Å². The maximum Gasteiger partial charge on any atom is 0.127 e. The molecule has 0 radical (unpaired) electrons. The van der Waals surface area contributed by atoms with E-state index in [9.17, 15) is 0 Å². The third-order valence-corrected chi connectivity index (χ3v) is 2.40. The standard InChI is InChI=1S/C13H18N2O2/c1-10(15)12-6-5-11(16-2)9-13(12)17-8-4-3-7-14/h5-6,9-10H,3-4,8,15H2,1-2H3/t10-/m0/s1. The first-order valence-corrected chi connectivity index (χ1v) is 5.62. The van der Waals surface area contributed by atoms with Gasteiger partial charge in [-0.25, -0.2) is 0 Å². The van der Waals surface area contributed by atoms with E-state index in [1.165, 1.54) is 0 Å². The number of nitriles is 1. The van der Waals surface area contributed by atoms with Gasteiger partial charge in [0.15, 0.2) is 0 Å². The summed E-state index contributed by atoms with van der Waals surface area (Å²) in [6.45, 7) is 2.42. The van der Waals surface area contributed by atoms with E-state index < -0.39 is 0 Å². The molecule has 0 heterocycles. The second-order valence-corrected chi connectivity index (χ2v) is 3.80. The maximum atomic E-state index is 8.44. The zero-order valence-electron chi connectivity index (χ0n) is 10.3. The fraction of sp³-hybridized carbons (Fsp3) is 0.462. The molecule has 0 bridgehead atoms. The van der Waals surface area contributed by atoms with Crippen LogP contribution in [0.4, 0.5) is 0 Å². The largest absolute Gasteiger partial charge is 0.497 e. The van der Waals surface area contributed by atoms with Crippen LogP contribution in [0.15, 0.2) is 18.2 Å². The molecule has 1 atom stereocenters. The molecule has 1 aromatic rings. The van der Waals surface area contributed by atoms with Crippen molar-refractivity contribution in [2.75, 3.05) is 13.7 Å². The second-order valence-electron chi connectivity index (χ2n) is 3.80. The van der Waals surface area contributed by atoms with Crippen molar-refractivity contribution < 1.29 is 9.47 Å². The maximum absolute atomic E-state index is 8.44. The summed E-state index contributed by atoms with van der Waals surface area (Å²) in [6, 6.07) is 7.59. The van der Waals surface area contributed by atoms with E-state index in [1.54, 1.807) is 7.11 Å². The van der Waals surface area contributed by atoms with Crippen molar-refractivity contribution in [1.82, 2.24) is 0 Å². The van der Waals surface area contributed by atoms with E-state index in [0.29, 0.717) is 19.4 Å². The van der Waals surface area contributed by atoms with Crippen molar-refractivity contribution in [2.45, 2.75) is 25.8 Å². The molecule has 1 aromatic carbocycles. The molecule has 92 valence electrons. The van der Waals surface area contributed by atoms with Crippen LogP contribution < -0.4 is 15.2 Å². The highest BCUT2D eigenvalue weighted by atomic mass is 16.5. The van der Waals surface area contributed by atoms with Crippen LogP contribution in [0.3, 0.4) is 0 Å². The zero-order chi connectivity index (χ0) is 12.7. The molecule has 1 rings (SSSR count). The number of ether oxygens (including phenoxy) is 2. The summed E-state index contributed by atoms with van der Waals surface area (Å²) in [5, 5.41) is 8.44. The van der Waals surface area contributed by atoms with Gasteiger partial charge in [0.05, 0.1) is 19.8 Å². The molecule has 0 fully saturated rings. The molecule has 17 heavy (non-hydrogen) atoms. The van der Waals surface area contributed by atoms with Gasteiger partial charge in [0.2, 0.25) is 0 Å². The Morgan fingerprint density at radius 3 is 2.82 bits per heavy atom. The van der Waals surface area contributed by atoms with Gasteiger partial charge in [-0.3, -0.25) is 0 Å². The minimum Gasteiger partial charge on any atom is -0.497 e. The summed E-state index contributed by atoms with van der Waals surface area (Å²) in [7, 11) is 1.61. The number of rotatable bonds is 6. The average molecular weight is 234 g/mol. The topological polar surface area (TPSA) is 68.3 Å². The third kappa shape index (κ3) is 3.97. The lowest BCUT2D eigenvalue weighted by molar-refractivity contribution is 0.305. The Balaban J connectivity index is 2.75. The quantitative estimate of drug-likeness (QED) is 0.767. The summed E-state index contributed by atoms with van der Waals surface area (Å²) < 4.78 is 10.8. The Kier molecular flexibility index (Phi) is 5.31. The van der Waals surface area contributed by atoms with Gasteiger partial charge in [-0.2, -0.15) is 5.26 Å². The fourth-order valence-corrected chi connectivity index (χ4v) is 1.48. The van der Waals surface area contributed by atoms with Crippen LogP contribution in [0, 0.1) is 11.3 Å². The van der Waals surface area contributed by atoms with E-state index in [0.717, 1.165) is 17.1 Å². The molecular formula is C13H18N2O2. The fourth-order valence-electron chi connectivity index (χ4n) is 1.48. The van der Waals surface area contributed by atoms with E-state index in [-0.39, 0.29) is 6.04 Å². The molecule has 0 aliphatic carbocycles. The SMILES string of the molecule is COc1ccc([C@H](C)N)c(OCCCC#N)c1. The van der Waals surface area contributed by atoms with Crippen molar-refractivity contribution >= 4 is 0 Å². The lowest BCUT2D eigenvalue weighted by Gasteiger charge is -2.14.